The molecule has 152 valence electrons. The van der Waals surface area contributed by atoms with Crippen LogP contribution in [0.15, 0.2) is 53.4 Å². The number of anilines is 1. The maximum absolute atomic E-state index is 13.4. The van der Waals surface area contributed by atoms with Gasteiger partial charge in [-0.1, -0.05) is 56.7 Å². The van der Waals surface area contributed by atoms with Crippen molar-refractivity contribution in [3.8, 4) is 0 Å². The Hall–Kier alpha value is -2.34. The van der Waals surface area contributed by atoms with Crippen molar-refractivity contribution in [3.63, 3.8) is 0 Å². The number of sulfonamides is 1. The molecule has 2 aromatic rings. The zero-order chi connectivity index (χ0) is 20.9. The van der Waals surface area contributed by atoms with Crippen molar-refractivity contribution in [1.29, 1.82) is 0 Å². The Morgan fingerprint density at radius 1 is 1.04 bits per heavy atom. The molecule has 0 aromatic heterocycles. The molecule has 6 heteroatoms. The van der Waals surface area contributed by atoms with Crippen molar-refractivity contribution in [3.05, 3.63) is 59.7 Å². The minimum Gasteiger partial charge on any atom is -0.352 e. The Bertz CT molecular complexity index is 906. The topological polar surface area (TPSA) is 66.5 Å². The Kier molecular flexibility index (Phi) is 7.24. The number of nitrogens with zero attached hydrogens (tertiary/aromatic N) is 1. The number of hydrogen-bond donors (Lipinski definition) is 1. The molecule has 1 amide bonds. The van der Waals surface area contributed by atoms with Gasteiger partial charge >= 0.3 is 0 Å². The van der Waals surface area contributed by atoms with Crippen molar-refractivity contribution in [2.24, 2.45) is 5.92 Å². The molecule has 0 aliphatic carbocycles. The van der Waals surface area contributed by atoms with Crippen LogP contribution in [0.1, 0.15) is 38.8 Å². The summed E-state index contributed by atoms with van der Waals surface area (Å²) in [4.78, 5) is 12.8. The van der Waals surface area contributed by atoms with E-state index in [1.54, 1.807) is 36.4 Å². The molecule has 1 unspecified atom stereocenters. The van der Waals surface area contributed by atoms with Crippen molar-refractivity contribution in [2.75, 3.05) is 10.8 Å². The van der Waals surface area contributed by atoms with Gasteiger partial charge in [0.2, 0.25) is 5.91 Å². The molecule has 0 heterocycles. The minimum absolute atomic E-state index is 0.0437. The third-order valence-electron chi connectivity index (χ3n) is 4.93. The lowest BCUT2D eigenvalue weighted by molar-refractivity contribution is -0.120. The predicted octanol–water partition coefficient (Wildman–Crippen LogP) is 3.91. The zero-order valence-electron chi connectivity index (χ0n) is 17.3. The van der Waals surface area contributed by atoms with E-state index in [0.717, 1.165) is 11.1 Å². The summed E-state index contributed by atoms with van der Waals surface area (Å²) in [7, 11) is -3.88. The van der Waals surface area contributed by atoms with Crippen LogP contribution in [0, 0.1) is 12.8 Å². The Morgan fingerprint density at radius 2 is 1.64 bits per heavy atom. The summed E-state index contributed by atoms with van der Waals surface area (Å²) < 4.78 is 28.0. The molecule has 1 atom stereocenters. The molecule has 1 N–H and O–H groups in total. The number of para-hydroxylation sites is 1. The zero-order valence-corrected chi connectivity index (χ0v) is 18.1. The van der Waals surface area contributed by atoms with Crippen LogP contribution in [-0.2, 0) is 21.2 Å². The van der Waals surface area contributed by atoms with Crippen LogP contribution in [0.4, 0.5) is 5.69 Å². The second-order valence-corrected chi connectivity index (χ2v) is 9.27. The quantitative estimate of drug-likeness (QED) is 0.728. The molecular weight excluding hydrogens is 372 g/mol. The van der Waals surface area contributed by atoms with Crippen LogP contribution >= 0.6 is 0 Å². The Morgan fingerprint density at radius 3 is 2.21 bits per heavy atom. The molecule has 0 aliphatic rings. The van der Waals surface area contributed by atoms with Crippen LogP contribution in [-0.4, -0.2) is 26.9 Å². The van der Waals surface area contributed by atoms with Crippen molar-refractivity contribution in [1.82, 2.24) is 5.32 Å². The molecular formula is C22H30N2O3S. The van der Waals surface area contributed by atoms with Gasteiger partial charge in [0.15, 0.2) is 0 Å². The number of hydrogen-bond acceptors (Lipinski definition) is 3. The van der Waals surface area contributed by atoms with E-state index in [9.17, 15) is 13.2 Å². The van der Waals surface area contributed by atoms with E-state index >= 15 is 0 Å². The van der Waals surface area contributed by atoms with Gasteiger partial charge in [-0.15, -0.1) is 0 Å². The fourth-order valence-corrected chi connectivity index (χ4v) is 4.25. The number of aryl methyl sites for hydroxylation is 2. The van der Waals surface area contributed by atoms with E-state index in [2.05, 4.69) is 5.32 Å². The first-order valence-corrected chi connectivity index (χ1v) is 11.1. The van der Waals surface area contributed by atoms with Crippen LogP contribution in [0.5, 0.6) is 0 Å². The highest BCUT2D eigenvalue weighted by atomic mass is 32.2. The van der Waals surface area contributed by atoms with Gasteiger partial charge in [-0.3, -0.25) is 9.10 Å². The van der Waals surface area contributed by atoms with Gasteiger partial charge in [0.25, 0.3) is 10.0 Å². The summed E-state index contributed by atoms with van der Waals surface area (Å²) in [5.74, 6) is -0.0585. The van der Waals surface area contributed by atoms with Gasteiger partial charge in [0.05, 0.1) is 10.6 Å². The first kappa shape index (κ1) is 22.0. The molecule has 2 rings (SSSR count). The van der Waals surface area contributed by atoms with Gasteiger partial charge in [0, 0.05) is 6.04 Å². The average Bonchev–Trinajstić information content (AvgIpc) is 2.66. The lowest BCUT2D eigenvalue weighted by Gasteiger charge is -2.27. The summed E-state index contributed by atoms with van der Waals surface area (Å²) in [5, 5.41) is 2.90. The Balaban J connectivity index is 2.47. The number of amides is 1. The number of nitrogens with one attached hydrogen (secondary N) is 1. The fourth-order valence-electron chi connectivity index (χ4n) is 2.79. The van der Waals surface area contributed by atoms with Gasteiger partial charge < -0.3 is 5.32 Å². The largest absolute Gasteiger partial charge is 0.352 e. The van der Waals surface area contributed by atoms with E-state index in [4.69, 9.17) is 0 Å². The Labute approximate surface area is 168 Å². The number of carbonyl (C=O) groups excluding carboxylic acids is 1. The average molecular weight is 403 g/mol. The number of rotatable bonds is 8. The molecule has 0 saturated carbocycles. The van der Waals surface area contributed by atoms with Gasteiger partial charge in [-0.25, -0.2) is 8.42 Å². The minimum atomic E-state index is -3.88. The molecule has 0 aliphatic heterocycles. The first-order valence-electron chi connectivity index (χ1n) is 9.63. The lowest BCUT2D eigenvalue weighted by Crippen LogP contribution is -2.45. The smallest absolute Gasteiger partial charge is 0.264 e. The molecule has 0 bridgehead atoms. The van der Waals surface area contributed by atoms with E-state index in [0.29, 0.717) is 12.1 Å². The van der Waals surface area contributed by atoms with Crippen LogP contribution in [0.3, 0.4) is 0 Å². The van der Waals surface area contributed by atoms with Crippen molar-refractivity contribution < 1.29 is 13.2 Å². The second-order valence-electron chi connectivity index (χ2n) is 7.41. The number of benzene rings is 2. The summed E-state index contributed by atoms with van der Waals surface area (Å²) in [6.07, 6.45) is 0.667. The maximum Gasteiger partial charge on any atom is 0.264 e. The van der Waals surface area contributed by atoms with E-state index in [1.807, 2.05) is 46.8 Å². The normalized spacial score (nSPS) is 12.6. The summed E-state index contributed by atoms with van der Waals surface area (Å²) in [6.45, 7) is 9.56. The third-order valence-corrected chi connectivity index (χ3v) is 6.70. The molecule has 0 fully saturated rings. The third kappa shape index (κ3) is 5.13. The summed E-state index contributed by atoms with van der Waals surface area (Å²) >= 11 is 0. The molecule has 28 heavy (non-hydrogen) atoms. The monoisotopic (exact) mass is 402 g/mol. The van der Waals surface area contributed by atoms with Crippen LogP contribution in [0.25, 0.3) is 0 Å². The number of carbonyl (C=O) groups is 1. The maximum atomic E-state index is 13.4. The van der Waals surface area contributed by atoms with Gasteiger partial charge in [-0.2, -0.15) is 0 Å². The highest BCUT2D eigenvalue weighted by Crippen LogP contribution is 2.27. The SMILES string of the molecule is CCc1ccccc1N(CC(=O)NC(C)C(C)C)S(=O)(=O)c1ccc(C)cc1. The standard InChI is InChI=1S/C22H30N2O3S/c1-6-19-9-7-8-10-21(19)24(15-22(25)23-18(5)16(2)3)28(26,27)20-13-11-17(4)12-14-20/h7-14,16,18H,6,15H2,1-5H3,(H,23,25). The van der Waals surface area contributed by atoms with Crippen molar-refractivity contribution in [2.45, 2.75) is 52.0 Å². The summed E-state index contributed by atoms with van der Waals surface area (Å²) in [6, 6.07) is 14.0. The lowest BCUT2D eigenvalue weighted by atomic mass is 10.1. The highest BCUT2D eigenvalue weighted by Gasteiger charge is 2.29. The molecule has 5 nitrogen and oxygen atoms in total. The van der Waals surface area contributed by atoms with Crippen molar-refractivity contribution >= 4 is 21.6 Å². The molecule has 0 saturated heterocycles. The molecule has 0 spiro atoms. The van der Waals surface area contributed by atoms with Crippen LogP contribution in [0.2, 0.25) is 0 Å². The first-order chi connectivity index (χ1) is 13.2. The second kappa shape index (κ2) is 9.24. The summed E-state index contributed by atoms with van der Waals surface area (Å²) in [5.41, 5.74) is 2.39. The van der Waals surface area contributed by atoms with Gasteiger partial charge in [-0.05, 0) is 49.9 Å². The predicted molar refractivity (Wildman–Crippen MR) is 114 cm³/mol. The highest BCUT2D eigenvalue weighted by molar-refractivity contribution is 7.92. The van der Waals surface area contributed by atoms with E-state index in [1.165, 1.54) is 4.31 Å². The molecule has 2 aromatic carbocycles. The van der Waals surface area contributed by atoms with Crippen LogP contribution < -0.4 is 9.62 Å². The van der Waals surface area contributed by atoms with Gasteiger partial charge in [0.1, 0.15) is 6.54 Å². The molecule has 0 radical (unpaired) electrons. The van der Waals surface area contributed by atoms with E-state index < -0.39 is 10.0 Å². The van der Waals surface area contributed by atoms with E-state index in [-0.39, 0.29) is 29.3 Å². The fraction of sp³-hybridized carbons (Fsp3) is 0.409.